The fourth-order valence-corrected chi connectivity index (χ4v) is 2.48. The lowest BCUT2D eigenvalue weighted by Gasteiger charge is -2.28. The summed E-state index contributed by atoms with van der Waals surface area (Å²) in [6.45, 7) is 4.90. The van der Waals surface area contributed by atoms with Gasteiger partial charge in [0.15, 0.2) is 6.07 Å². The molecular formula is C15H16ClF2NO4. The number of ether oxygens (including phenoxy) is 2. The Hall–Kier alpha value is -1.89. The van der Waals surface area contributed by atoms with Crippen molar-refractivity contribution in [3.8, 4) is 0 Å². The third kappa shape index (κ3) is 3.72. The number of hydrogen-bond acceptors (Lipinski definition) is 4. The van der Waals surface area contributed by atoms with Gasteiger partial charge in [0.2, 0.25) is 0 Å². The summed E-state index contributed by atoms with van der Waals surface area (Å²) in [7, 11) is 0. The van der Waals surface area contributed by atoms with E-state index in [4.69, 9.17) is 21.1 Å². The molecule has 0 saturated heterocycles. The van der Waals surface area contributed by atoms with Crippen LogP contribution in [0, 0.1) is 11.6 Å². The molecule has 0 radical (unpaired) electrons. The molecule has 0 spiro atoms. The predicted molar refractivity (Wildman–Crippen MR) is 79.4 cm³/mol. The van der Waals surface area contributed by atoms with E-state index >= 15 is 0 Å². The topological polar surface area (TPSA) is 55.8 Å². The highest BCUT2D eigenvalue weighted by atomic mass is 35.5. The van der Waals surface area contributed by atoms with Gasteiger partial charge in [0.1, 0.15) is 23.3 Å². The van der Waals surface area contributed by atoms with Crippen molar-refractivity contribution in [3.63, 3.8) is 0 Å². The van der Waals surface area contributed by atoms with E-state index in [1.54, 1.807) is 20.8 Å². The second-order valence-corrected chi connectivity index (χ2v) is 6.26. The molecule has 0 bridgehead atoms. The largest absolute Gasteiger partial charge is 0.448 e. The van der Waals surface area contributed by atoms with Crippen LogP contribution in [-0.4, -0.2) is 29.8 Å². The first-order valence-corrected chi connectivity index (χ1v) is 7.40. The fraction of sp³-hybridized carbons (Fsp3) is 0.467. The molecule has 0 aliphatic carbocycles. The first-order valence-electron chi connectivity index (χ1n) is 6.87. The summed E-state index contributed by atoms with van der Waals surface area (Å²) in [6.07, 6.45) is -1.00. The number of rotatable bonds is 2. The number of fused-ring (bicyclic) bond motifs is 1. The van der Waals surface area contributed by atoms with Crippen molar-refractivity contribution in [1.29, 1.82) is 0 Å². The monoisotopic (exact) mass is 347 g/mol. The Labute approximate surface area is 137 Å². The highest BCUT2D eigenvalue weighted by Gasteiger charge is 2.43. The number of amides is 1. The van der Waals surface area contributed by atoms with E-state index < -0.39 is 41.4 Å². The van der Waals surface area contributed by atoms with E-state index in [0.717, 1.165) is 11.0 Å². The van der Waals surface area contributed by atoms with Crippen LogP contribution in [0.2, 0.25) is 0 Å². The number of carbonyl (C=O) groups is 2. The van der Waals surface area contributed by atoms with Crippen molar-refractivity contribution in [2.45, 2.75) is 38.8 Å². The summed E-state index contributed by atoms with van der Waals surface area (Å²) in [6, 6.07) is 0.148. The molecule has 23 heavy (non-hydrogen) atoms. The van der Waals surface area contributed by atoms with Gasteiger partial charge in [-0.3, -0.25) is 4.90 Å². The van der Waals surface area contributed by atoms with Crippen LogP contribution in [0.4, 0.5) is 19.3 Å². The second kappa shape index (κ2) is 6.31. The van der Waals surface area contributed by atoms with Gasteiger partial charge < -0.3 is 9.47 Å². The summed E-state index contributed by atoms with van der Waals surface area (Å²) >= 11 is 5.36. The van der Waals surface area contributed by atoms with Crippen molar-refractivity contribution in [3.05, 3.63) is 29.3 Å². The van der Waals surface area contributed by atoms with Crippen molar-refractivity contribution >= 4 is 29.4 Å². The Balaban J connectivity index is 2.44. The number of hydrogen-bond donors (Lipinski definition) is 0. The summed E-state index contributed by atoms with van der Waals surface area (Å²) < 4.78 is 37.4. The fourth-order valence-electron chi connectivity index (χ4n) is 2.37. The van der Waals surface area contributed by atoms with E-state index in [0.29, 0.717) is 6.07 Å². The first kappa shape index (κ1) is 17.5. The minimum absolute atomic E-state index is 0.0843. The number of benzene rings is 1. The molecule has 2 rings (SSSR count). The van der Waals surface area contributed by atoms with Crippen molar-refractivity contribution in [1.82, 2.24) is 0 Å². The SMILES string of the molecule is CC(C)(C)OC(=O)N1c2c(F)cc(F)cc2CC1C(=O)OCCl. The van der Waals surface area contributed by atoms with Gasteiger partial charge in [-0.1, -0.05) is 11.6 Å². The quantitative estimate of drug-likeness (QED) is 0.608. The Morgan fingerprint density at radius 1 is 1.35 bits per heavy atom. The van der Waals surface area contributed by atoms with Crippen LogP contribution >= 0.6 is 11.6 Å². The lowest BCUT2D eigenvalue weighted by molar-refractivity contribution is -0.143. The number of halogens is 3. The second-order valence-electron chi connectivity index (χ2n) is 6.04. The van der Waals surface area contributed by atoms with Gasteiger partial charge in [0.05, 0.1) is 5.69 Å². The molecule has 1 amide bonds. The summed E-state index contributed by atoms with van der Waals surface area (Å²) in [5.41, 5.74) is -0.848. The number of anilines is 1. The van der Waals surface area contributed by atoms with E-state index in [-0.39, 0.29) is 17.7 Å². The number of alkyl halides is 1. The normalized spacial score (nSPS) is 17.0. The van der Waals surface area contributed by atoms with Crippen LogP contribution in [0.3, 0.4) is 0 Å². The molecule has 1 unspecified atom stereocenters. The maximum atomic E-state index is 14.1. The van der Waals surface area contributed by atoms with Gasteiger partial charge in [-0.15, -0.1) is 0 Å². The summed E-state index contributed by atoms with van der Waals surface area (Å²) in [4.78, 5) is 25.3. The third-order valence-electron chi connectivity index (χ3n) is 3.13. The van der Waals surface area contributed by atoms with Crippen LogP contribution in [0.5, 0.6) is 0 Å². The highest BCUT2D eigenvalue weighted by Crippen LogP contribution is 2.37. The van der Waals surface area contributed by atoms with Gasteiger partial charge in [0.25, 0.3) is 0 Å². The maximum Gasteiger partial charge on any atom is 0.415 e. The van der Waals surface area contributed by atoms with Crippen molar-refractivity contribution in [2.24, 2.45) is 0 Å². The molecule has 8 heteroatoms. The Morgan fingerprint density at radius 2 is 2.00 bits per heavy atom. The average molecular weight is 348 g/mol. The molecule has 0 N–H and O–H groups in total. The van der Waals surface area contributed by atoms with Crippen LogP contribution in [-0.2, 0) is 20.7 Å². The van der Waals surface area contributed by atoms with Crippen molar-refractivity contribution in [2.75, 3.05) is 11.0 Å². The van der Waals surface area contributed by atoms with Crippen LogP contribution in [0.1, 0.15) is 26.3 Å². The third-order valence-corrected chi connectivity index (χ3v) is 3.24. The smallest absolute Gasteiger partial charge is 0.415 e. The van der Waals surface area contributed by atoms with Crippen LogP contribution in [0.25, 0.3) is 0 Å². The summed E-state index contributed by atoms with van der Waals surface area (Å²) in [5.74, 6) is -2.56. The zero-order valence-electron chi connectivity index (χ0n) is 12.9. The number of carbonyl (C=O) groups excluding carboxylic acids is 2. The lowest BCUT2D eigenvalue weighted by atomic mass is 10.1. The standard InChI is InChI=1S/C15H16ClF2NO4/c1-15(2,3)23-14(21)19-11(13(20)22-7-16)5-8-4-9(17)6-10(18)12(8)19/h4,6,11H,5,7H2,1-3H3. The first-order chi connectivity index (χ1) is 10.6. The predicted octanol–water partition coefficient (Wildman–Crippen LogP) is 3.37. The minimum atomic E-state index is -1.16. The van der Waals surface area contributed by atoms with Gasteiger partial charge in [-0.2, -0.15) is 0 Å². The molecule has 0 aromatic heterocycles. The molecule has 1 atom stereocenters. The summed E-state index contributed by atoms with van der Waals surface area (Å²) in [5, 5.41) is 0. The Kier molecular flexibility index (Phi) is 4.79. The zero-order chi connectivity index (χ0) is 17.4. The highest BCUT2D eigenvalue weighted by molar-refractivity contribution is 6.17. The van der Waals surface area contributed by atoms with Gasteiger partial charge in [0, 0.05) is 12.5 Å². The van der Waals surface area contributed by atoms with Crippen LogP contribution in [0.15, 0.2) is 12.1 Å². The molecule has 1 heterocycles. The molecule has 1 aliphatic rings. The van der Waals surface area contributed by atoms with Gasteiger partial charge in [-0.25, -0.2) is 18.4 Å². The van der Waals surface area contributed by atoms with Crippen molar-refractivity contribution < 1.29 is 27.8 Å². The lowest BCUT2D eigenvalue weighted by Crippen LogP contribution is -2.46. The van der Waals surface area contributed by atoms with E-state index in [1.165, 1.54) is 0 Å². The molecule has 0 saturated carbocycles. The Bertz CT molecular complexity index is 645. The molecule has 5 nitrogen and oxygen atoms in total. The molecule has 1 aromatic carbocycles. The number of esters is 1. The number of nitrogens with zero attached hydrogens (tertiary/aromatic N) is 1. The van der Waals surface area contributed by atoms with E-state index in [2.05, 4.69) is 0 Å². The molecule has 1 aromatic rings. The molecule has 1 aliphatic heterocycles. The molecular weight excluding hydrogens is 332 g/mol. The molecule has 126 valence electrons. The average Bonchev–Trinajstić information content (AvgIpc) is 2.76. The maximum absolute atomic E-state index is 14.1. The zero-order valence-corrected chi connectivity index (χ0v) is 13.6. The molecule has 0 fully saturated rings. The van der Waals surface area contributed by atoms with Gasteiger partial charge in [-0.05, 0) is 32.4 Å². The minimum Gasteiger partial charge on any atom is -0.448 e. The van der Waals surface area contributed by atoms with Crippen LogP contribution < -0.4 is 4.90 Å². The van der Waals surface area contributed by atoms with E-state index in [1.807, 2.05) is 0 Å². The van der Waals surface area contributed by atoms with Gasteiger partial charge >= 0.3 is 12.1 Å². The Morgan fingerprint density at radius 3 is 2.57 bits per heavy atom. The van der Waals surface area contributed by atoms with E-state index in [9.17, 15) is 18.4 Å².